The van der Waals surface area contributed by atoms with Crippen LogP contribution >= 0.6 is 0 Å². The zero-order chi connectivity index (χ0) is 15.7. The van der Waals surface area contributed by atoms with Crippen LogP contribution in [0.15, 0.2) is 29.2 Å². The van der Waals surface area contributed by atoms with E-state index < -0.39 is 27.1 Å². The highest BCUT2D eigenvalue weighted by Crippen LogP contribution is 2.54. The van der Waals surface area contributed by atoms with Gasteiger partial charge in [-0.05, 0) is 48.9 Å². The summed E-state index contributed by atoms with van der Waals surface area (Å²) < 4.78 is 24.9. The lowest BCUT2D eigenvalue weighted by molar-refractivity contribution is -0.144. The molecule has 1 aromatic carbocycles. The highest BCUT2D eigenvalue weighted by molar-refractivity contribution is 7.91. The van der Waals surface area contributed by atoms with E-state index in [0.29, 0.717) is 24.8 Å². The molecule has 1 saturated carbocycles. The van der Waals surface area contributed by atoms with Gasteiger partial charge in [0.25, 0.3) is 0 Å². The summed E-state index contributed by atoms with van der Waals surface area (Å²) in [5, 5.41) is 18.0. The van der Waals surface area contributed by atoms with E-state index in [2.05, 4.69) is 0 Å². The minimum absolute atomic E-state index is 0.142. The van der Waals surface area contributed by atoms with Crippen LogP contribution in [0.3, 0.4) is 0 Å². The third-order valence-corrected chi connectivity index (χ3v) is 6.10. The average molecular weight is 307 g/mol. The van der Waals surface area contributed by atoms with Crippen molar-refractivity contribution >= 4 is 15.8 Å². The number of carboxylic acids is 1. The van der Waals surface area contributed by atoms with Crippen LogP contribution in [-0.2, 0) is 14.6 Å². The van der Waals surface area contributed by atoms with Gasteiger partial charge >= 0.3 is 5.97 Å². The van der Waals surface area contributed by atoms with E-state index in [0.717, 1.165) is 0 Å². The van der Waals surface area contributed by atoms with E-state index in [1.165, 1.54) is 24.3 Å². The quantitative estimate of drug-likeness (QED) is 0.869. The zero-order valence-corrected chi connectivity index (χ0v) is 12.6. The molecule has 21 heavy (non-hydrogen) atoms. The van der Waals surface area contributed by atoms with Crippen LogP contribution in [0.2, 0.25) is 0 Å². The first-order valence-corrected chi connectivity index (χ1v) is 8.45. The number of nitriles is 1. The molecule has 0 radical (unpaired) electrons. The van der Waals surface area contributed by atoms with Gasteiger partial charge in [0.2, 0.25) is 0 Å². The standard InChI is InChI=1S/C15H17NO4S/c1-2-13(14(17)18)15(7-8-15)10-21(19,20)12-5-3-11(9-16)4-6-12/h3-6,13H,2,7-8,10H2,1H3,(H,17,18). The number of hydrogen-bond acceptors (Lipinski definition) is 4. The summed E-state index contributed by atoms with van der Waals surface area (Å²) in [5.41, 5.74) is -0.236. The molecule has 0 saturated heterocycles. The Hall–Kier alpha value is -1.87. The van der Waals surface area contributed by atoms with Crippen LogP contribution in [-0.4, -0.2) is 25.2 Å². The highest BCUT2D eigenvalue weighted by atomic mass is 32.2. The maximum atomic E-state index is 12.5. The van der Waals surface area contributed by atoms with Crippen molar-refractivity contribution in [2.45, 2.75) is 31.1 Å². The van der Waals surface area contributed by atoms with E-state index in [9.17, 15) is 18.3 Å². The van der Waals surface area contributed by atoms with E-state index in [4.69, 9.17) is 5.26 Å². The summed E-state index contributed by atoms with van der Waals surface area (Å²) in [6.45, 7) is 1.77. The topological polar surface area (TPSA) is 95.2 Å². The Labute approximate surface area is 124 Å². The molecule has 1 aliphatic rings. The number of aliphatic carboxylic acids is 1. The number of nitrogens with zero attached hydrogens (tertiary/aromatic N) is 1. The molecule has 0 aromatic heterocycles. The molecule has 1 N–H and O–H groups in total. The molecule has 1 atom stereocenters. The Balaban J connectivity index is 2.25. The van der Waals surface area contributed by atoms with Gasteiger partial charge < -0.3 is 5.11 Å². The number of hydrogen-bond donors (Lipinski definition) is 1. The van der Waals surface area contributed by atoms with E-state index in [1.54, 1.807) is 6.92 Å². The second-order valence-corrected chi connectivity index (χ2v) is 7.55. The minimum atomic E-state index is -3.54. The number of benzene rings is 1. The van der Waals surface area contributed by atoms with Gasteiger partial charge in [0.05, 0.1) is 28.2 Å². The van der Waals surface area contributed by atoms with E-state index in [1.807, 2.05) is 6.07 Å². The van der Waals surface area contributed by atoms with Crippen LogP contribution in [0.1, 0.15) is 31.7 Å². The SMILES string of the molecule is CCC(C(=O)O)C1(CS(=O)(=O)c2ccc(C#N)cc2)CC1. The van der Waals surface area contributed by atoms with Gasteiger partial charge in [-0.2, -0.15) is 5.26 Å². The maximum Gasteiger partial charge on any atom is 0.307 e. The molecule has 0 heterocycles. The van der Waals surface area contributed by atoms with Gasteiger partial charge in [-0.1, -0.05) is 6.92 Å². The average Bonchev–Trinajstić information content (AvgIpc) is 3.18. The van der Waals surface area contributed by atoms with Gasteiger partial charge in [0.1, 0.15) is 0 Å². The Bertz CT molecular complexity index is 681. The summed E-state index contributed by atoms with van der Waals surface area (Å²) in [6.07, 6.45) is 1.69. The Morgan fingerprint density at radius 2 is 1.95 bits per heavy atom. The number of carboxylic acid groups (broad SMARTS) is 1. The first kappa shape index (κ1) is 15.5. The molecule has 112 valence electrons. The van der Waals surface area contributed by atoms with Crippen LogP contribution in [0, 0.1) is 22.7 Å². The van der Waals surface area contributed by atoms with E-state index in [-0.39, 0.29) is 10.6 Å². The Kier molecular flexibility index (Phi) is 4.06. The molecule has 1 aromatic rings. The first-order chi connectivity index (χ1) is 9.84. The largest absolute Gasteiger partial charge is 0.481 e. The number of rotatable bonds is 6. The summed E-state index contributed by atoms with van der Waals surface area (Å²) in [5.74, 6) is -1.69. The minimum Gasteiger partial charge on any atom is -0.481 e. The molecule has 1 aliphatic carbocycles. The van der Waals surface area contributed by atoms with Crippen molar-refractivity contribution in [3.05, 3.63) is 29.8 Å². The van der Waals surface area contributed by atoms with Gasteiger partial charge in [0.15, 0.2) is 9.84 Å². The molecule has 5 nitrogen and oxygen atoms in total. The predicted molar refractivity (Wildman–Crippen MR) is 76.3 cm³/mol. The molecule has 0 bridgehead atoms. The molecule has 1 unspecified atom stereocenters. The van der Waals surface area contributed by atoms with Crippen molar-refractivity contribution in [3.63, 3.8) is 0 Å². The van der Waals surface area contributed by atoms with Gasteiger partial charge in [-0.15, -0.1) is 0 Å². The molecule has 1 fully saturated rings. The third kappa shape index (κ3) is 3.08. The number of sulfone groups is 1. The Morgan fingerprint density at radius 3 is 2.33 bits per heavy atom. The second kappa shape index (κ2) is 5.49. The fourth-order valence-corrected chi connectivity index (χ4v) is 4.79. The molecule has 6 heteroatoms. The van der Waals surface area contributed by atoms with Crippen LogP contribution < -0.4 is 0 Å². The molecule has 0 spiro atoms. The maximum absolute atomic E-state index is 12.5. The van der Waals surface area contributed by atoms with Crippen molar-refractivity contribution in [1.29, 1.82) is 5.26 Å². The lowest BCUT2D eigenvalue weighted by Gasteiger charge is -2.22. The van der Waals surface area contributed by atoms with Crippen molar-refractivity contribution in [2.75, 3.05) is 5.75 Å². The van der Waals surface area contributed by atoms with Gasteiger partial charge in [-0.3, -0.25) is 4.79 Å². The second-order valence-electron chi connectivity index (χ2n) is 5.56. The Morgan fingerprint density at radius 1 is 1.38 bits per heavy atom. The molecule has 0 aliphatic heterocycles. The lowest BCUT2D eigenvalue weighted by Crippen LogP contribution is -2.30. The molecular weight excluding hydrogens is 290 g/mol. The van der Waals surface area contributed by atoms with Crippen molar-refractivity contribution in [2.24, 2.45) is 11.3 Å². The molecule has 0 amide bonds. The highest BCUT2D eigenvalue weighted by Gasteiger charge is 2.54. The van der Waals surface area contributed by atoms with Crippen molar-refractivity contribution in [1.82, 2.24) is 0 Å². The van der Waals surface area contributed by atoms with Gasteiger partial charge in [0, 0.05) is 0 Å². The fraction of sp³-hybridized carbons (Fsp3) is 0.467. The molecule has 2 rings (SSSR count). The summed E-state index contributed by atoms with van der Waals surface area (Å²) in [4.78, 5) is 11.4. The van der Waals surface area contributed by atoms with Gasteiger partial charge in [-0.25, -0.2) is 8.42 Å². The van der Waals surface area contributed by atoms with Crippen LogP contribution in [0.4, 0.5) is 0 Å². The normalized spacial score (nSPS) is 17.7. The van der Waals surface area contributed by atoms with Crippen LogP contribution in [0.5, 0.6) is 0 Å². The predicted octanol–water partition coefficient (Wildman–Crippen LogP) is 2.22. The summed E-state index contributed by atoms with van der Waals surface area (Å²) in [6, 6.07) is 7.67. The van der Waals surface area contributed by atoms with E-state index >= 15 is 0 Å². The van der Waals surface area contributed by atoms with Crippen molar-refractivity contribution < 1.29 is 18.3 Å². The molecular formula is C15H17NO4S. The first-order valence-electron chi connectivity index (χ1n) is 6.80. The fourth-order valence-electron chi connectivity index (χ4n) is 2.82. The zero-order valence-electron chi connectivity index (χ0n) is 11.7. The smallest absolute Gasteiger partial charge is 0.307 e. The summed E-state index contributed by atoms with van der Waals surface area (Å²) >= 11 is 0. The van der Waals surface area contributed by atoms with Crippen molar-refractivity contribution in [3.8, 4) is 6.07 Å². The number of carbonyl (C=O) groups is 1. The lowest BCUT2D eigenvalue weighted by atomic mass is 9.88. The monoisotopic (exact) mass is 307 g/mol. The van der Waals surface area contributed by atoms with Crippen LogP contribution in [0.25, 0.3) is 0 Å². The summed E-state index contributed by atoms with van der Waals surface area (Å²) in [7, 11) is -3.54. The third-order valence-electron chi connectivity index (χ3n) is 4.16.